The highest BCUT2D eigenvalue weighted by Crippen LogP contribution is 2.16. The number of rotatable bonds is 5. The number of allylic oxidation sites excluding steroid dienone is 1. The van der Waals surface area contributed by atoms with E-state index in [-0.39, 0.29) is 23.5 Å². The second kappa shape index (κ2) is 7.13. The number of phenolic OH excluding ortho intramolecular Hbond substituents is 2. The lowest BCUT2D eigenvalue weighted by atomic mass is 10.1. The van der Waals surface area contributed by atoms with Crippen LogP contribution in [-0.2, 0) is 4.79 Å². The zero-order valence-electron chi connectivity index (χ0n) is 11.8. The van der Waals surface area contributed by atoms with Crippen molar-refractivity contribution in [1.82, 2.24) is 0 Å². The van der Waals surface area contributed by atoms with Crippen LogP contribution in [0.15, 0.2) is 60.2 Å². The number of hydrogen-bond acceptors (Lipinski definition) is 3. The van der Waals surface area contributed by atoms with E-state index in [1.165, 1.54) is 12.1 Å². The Hall–Kier alpha value is -3.01. The van der Waals surface area contributed by atoms with Gasteiger partial charge in [0.1, 0.15) is 11.5 Å². The van der Waals surface area contributed by atoms with Crippen molar-refractivity contribution in [2.24, 2.45) is 0 Å². The number of benzene rings is 2. The third kappa shape index (κ3) is 4.52. The first-order valence-corrected chi connectivity index (χ1v) is 6.73. The van der Waals surface area contributed by atoms with Crippen LogP contribution in [0.5, 0.6) is 11.5 Å². The van der Waals surface area contributed by atoms with Crippen LogP contribution in [0.25, 0.3) is 12.2 Å². The second-order valence-corrected chi connectivity index (χ2v) is 4.76. The third-order valence-electron chi connectivity index (χ3n) is 3.05. The van der Waals surface area contributed by atoms with Gasteiger partial charge in [-0.15, -0.1) is 0 Å². The Bertz CT molecular complexity index is 695. The molecular weight excluding hydrogens is 280 g/mol. The first-order chi connectivity index (χ1) is 10.5. The van der Waals surface area contributed by atoms with E-state index in [2.05, 4.69) is 0 Å². The van der Waals surface area contributed by atoms with Gasteiger partial charge in [-0.1, -0.05) is 36.4 Å². The van der Waals surface area contributed by atoms with Gasteiger partial charge in [0.25, 0.3) is 0 Å². The van der Waals surface area contributed by atoms with Crippen LogP contribution in [0, 0.1) is 0 Å². The average molecular weight is 296 g/mol. The molecule has 4 nitrogen and oxygen atoms in total. The molecule has 4 heteroatoms. The summed E-state index contributed by atoms with van der Waals surface area (Å²) < 4.78 is 0. The number of aliphatic carboxylic acids is 1. The first kappa shape index (κ1) is 15.4. The SMILES string of the molecule is O=C(O)/C(=C/c1ccc(O)cc1)C/C=C/c1ccc(O)cc1. The predicted octanol–water partition coefficient (Wildman–Crippen LogP) is 3.67. The number of hydrogen-bond donors (Lipinski definition) is 3. The molecule has 0 atom stereocenters. The molecule has 0 aromatic heterocycles. The maximum absolute atomic E-state index is 11.3. The van der Waals surface area contributed by atoms with Crippen molar-refractivity contribution >= 4 is 18.1 Å². The summed E-state index contributed by atoms with van der Waals surface area (Å²) in [6, 6.07) is 13.0. The van der Waals surface area contributed by atoms with E-state index < -0.39 is 5.97 Å². The molecule has 0 saturated heterocycles. The zero-order chi connectivity index (χ0) is 15.9. The van der Waals surface area contributed by atoms with E-state index in [1.54, 1.807) is 54.6 Å². The molecule has 0 heterocycles. The van der Waals surface area contributed by atoms with Crippen LogP contribution in [0.1, 0.15) is 17.5 Å². The Morgan fingerprint density at radius 3 is 1.86 bits per heavy atom. The molecule has 3 N–H and O–H groups in total. The van der Waals surface area contributed by atoms with Crippen molar-refractivity contribution in [3.8, 4) is 11.5 Å². The molecule has 2 aromatic rings. The molecule has 0 aliphatic rings. The minimum atomic E-state index is -0.983. The summed E-state index contributed by atoms with van der Waals surface area (Å²) >= 11 is 0. The van der Waals surface area contributed by atoms with Gasteiger partial charge in [0.05, 0.1) is 0 Å². The monoisotopic (exact) mass is 296 g/mol. The largest absolute Gasteiger partial charge is 0.508 e. The molecule has 0 unspecified atom stereocenters. The van der Waals surface area contributed by atoms with Crippen LogP contribution >= 0.6 is 0 Å². The molecule has 2 aromatic carbocycles. The van der Waals surface area contributed by atoms with Crippen molar-refractivity contribution < 1.29 is 20.1 Å². The lowest BCUT2D eigenvalue weighted by molar-refractivity contribution is -0.132. The van der Waals surface area contributed by atoms with E-state index >= 15 is 0 Å². The summed E-state index contributed by atoms with van der Waals surface area (Å²) in [5, 5.41) is 27.7. The lowest BCUT2D eigenvalue weighted by Crippen LogP contribution is -1.99. The highest BCUT2D eigenvalue weighted by molar-refractivity contribution is 5.92. The van der Waals surface area contributed by atoms with Gasteiger partial charge in [-0.05, 0) is 47.9 Å². The molecule has 0 fully saturated rings. The highest BCUT2D eigenvalue weighted by Gasteiger charge is 2.05. The molecule has 0 spiro atoms. The Morgan fingerprint density at radius 2 is 1.36 bits per heavy atom. The molecule has 0 aliphatic carbocycles. The van der Waals surface area contributed by atoms with E-state index in [4.69, 9.17) is 0 Å². The lowest BCUT2D eigenvalue weighted by Gasteiger charge is -2.00. The maximum Gasteiger partial charge on any atom is 0.331 e. The maximum atomic E-state index is 11.3. The molecule has 0 amide bonds. The summed E-state index contributed by atoms with van der Waals surface area (Å²) in [6.07, 6.45) is 5.40. The molecule has 112 valence electrons. The molecule has 0 aliphatic heterocycles. The van der Waals surface area contributed by atoms with Crippen molar-refractivity contribution in [1.29, 1.82) is 0 Å². The molecular formula is C18H16O4. The number of aromatic hydroxyl groups is 2. The number of carboxylic acid groups (broad SMARTS) is 1. The van der Waals surface area contributed by atoms with Gasteiger partial charge in [-0.2, -0.15) is 0 Å². The van der Waals surface area contributed by atoms with Gasteiger partial charge in [0.15, 0.2) is 0 Å². The number of phenols is 2. The van der Waals surface area contributed by atoms with Gasteiger partial charge in [-0.3, -0.25) is 0 Å². The van der Waals surface area contributed by atoms with Gasteiger partial charge < -0.3 is 15.3 Å². The minimum absolute atomic E-state index is 0.140. The second-order valence-electron chi connectivity index (χ2n) is 4.76. The van der Waals surface area contributed by atoms with Crippen molar-refractivity contribution in [3.63, 3.8) is 0 Å². The van der Waals surface area contributed by atoms with Gasteiger partial charge in [0.2, 0.25) is 0 Å². The molecule has 0 radical (unpaired) electrons. The van der Waals surface area contributed by atoms with Gasteiger partial charge >= 0.3 is 5.97 Å². The fourth-order valence-electron chi connectivity index (χ4n) is 1.89. The van der Waals surface area contributed by atoms with E-state index in [1.807, 2.05) is 0 Å². The van der Waals surface area contributed by atoms with Crippen molar-refractivity contribution in [2.75, 3.05) is 0 Å². The van der Waals surface area contributed by atoms with Crippen LogP contribution in [0.4, 0.5) is 0 Å². The third-order valence-corrected chi connectivity index (χ3v) is 3.05. The zero-order valence-corrected chi connectivity index (χ0v) is 11.8. The van der Waals surface area contributed by atoms with E-state index in [9.17, 15) is 20.1 Å². The summed E-state index contributed by atoms with van der Waals surface area (Å²) in [5.74, 6) is -0.653. The van der Waals surface area contributed by atoms with Crippen LogP contribution in [0.2, 0.25) is 0 Å². The highest BCUT2D eigenvalue weighted by atomic mass is 16.4. The first-order valence-electron chi connectivity index (χ1n) is 6.73. The summed E-state index contributed by atoms with van der Waals surface area (Å²) in [6.45, 7) is 0. The Balaban J connectivity index is 2.10. The molecule has 0 saturated carbocycles. The van der Waals surface area contributed by atoms with E-state index in [0.29, 0.717) is 5.56 Å². The van der Waals surface area contributed by atoms with E-state index in [0.717, 1.165) is 5.56 Å². The fourth-order valence-corrected chi connectivity index (χ4v) is 1.89. The van der Waals surface area contributed by atoms with Crippen LogP contribution in [-0.4, -0.2) is 21.3 Å². The quantitative estimate of drug-likeness (QED) is 0.736. The predicted molar refractivity (Wildman–Crippen MR) is 85.5 cm³/mol. The minimum Gasteiger partial charge on any atom is -0.508 e. The molecule has 0 bridgehead atoms. The van der Waals surface area contributed by atoms with Crippen molar-refractivity contribution in [2.45, 2.75) is 6.42 Å². The fraction of sp³-hybridized carbons (Fsp3) is 0.0556. The smallest absolute Gasteiger partial charge is 0.331 e. The Labute approximate surface area is 128 Å². The van der Waals surface area contributed by atoms with Gasteiger partial charge in [0, 0.05) is 5.57 Å². The average Bonchev–Trinajstić information content (AvgIpc) is 2.50. The molecule has 2 rings (SSSR count). The summed E-state index contributed by atoms with van der Waals surface area (Å²) in [4.78, 5) is 11.3. The van der Waals surface area contributed by atoms with Crippen LogP contribution in [0.3, 0.4) is 0 Å². The Morgan fingerprint density at radius 1 is 0.864 bits per heavy atom. The normalized spacial score (nSPS) is 11.7. The standard InChI is InChI=1S/C18H16O4/c19-16-8-4-13(5-9-16)2-1-3-15(18(21)22)12-14-6-10-17(20)11-7-14/h1-2,4-12,19-20H,3H2,(H,21,22)/b2-1+,15-12+. The topological polar surface area (TPSA) is 77.8 Å². The van der Waals surface area contributed by atoms with Crippen LogP contribution < -0.4 is 0 Å². The summed E-state index contributed by atoms with van der Waals surface area (Å²) in [5.41, 5.74) is 1.85. The van der Waals surface area contributed by atoms with Gasteiger partial charge in [-0.25, -0.2) is 4.79 Å². The number of carbonyl (C=O) groups is 1. The Kier molecular flexibility index (Phi) is 4.98. The van der Waals surface area contributed by atoms with Crippen molar-refractivity contribution in [3.05, 3.63) is 71.3 Å². The molecule has 22 heavy (non-hydrogen) atoms. The summed E-state index contributed by atoms with van der Waals surface area (Å²) in [7, 11) is 0. The number of carboxylic acids is 1.